The van der Waals surface area contributed by atoms with Gasteiger partial charge >= 0.3 is 0 Å². The molecule has 0 bridgehead atoms. The van der Waals surface area contributed by atoms with E-state index < -0.39 is 6.10 Å². The molecule has 0 aliphatic rings. The molecule has 1 atom stereocenters. The number of hydrogen-bond donors (Lipinski definition) is 1. The van der Waals surface area contributed by atoms with Gasteiger partial charge in [0.1, 0.15) is 12.4 Å². The Balaban J connectivity index is 2.16. The van der Waals surface area contributed by atoms with E-state index in [0.717, 1.165) is 5.56 Å². The molecule has 112 valence electrons. The van der Waals surface area contributed by atoms with Crippen LogP contribution in [0.15, 0.2) is 40.9 Å². The van der Waals surface area contributed by atoms with E-state index in [2.05, 4.69) is 15.9 Å². The van der Waals surface area contributed by atoms with Crippen LogP contribution in [-0.2, 0) is 6.61 Å². The number of ether oxygens (including phenoxy) is 2. The molecule has 2 aromatic carbocycles. The summed E-state index contributed by atoms with van der Waals surface area (Å²) >= 11 is 3.21. The first-order valence-corrected chi connectivity index (χ1v) is 7.23. The van der Waals surface area contributed by atoms with Crippen molar-refractivity contribution in [3.05, 3.63) is 57.8 Å². The van der Waals surface area contributed by atoms with Gasteiger partial charge in [0.15, 0.2) is 11.5 Å². The third-order valence-corrected chi connectivity index (χ3v) is 3.56. The van der Waals surface area contributed by atoms with Gasteiger partial charge in [0.25, 0.3) is 0 Å². The fraction of sp³-hybridized carbons (Fsp3) is 0.250. The molecule has 3 nitrogen and oxygen atoms in total. The number of halogens is 2. The summed E-state index contributed by atoms with van der Waals surface area (Å²) < 4.78 is 25.3. The number of rotatable bonds is 5. The molecule has 2 rings (SSSR count). The van der Waals surface area contributed by atoms with E-state index >= 15 is 0 Å². The molecule has 0 unspecified atom stereocenters. The van der Waals surface area contributed by atoms with Gasteiger partial charge in [-0.15, -0.1) is 0 Å². The summed E-state index contributed by atoms with van der Waals surface area (Å²) in [5.74, 6) is 0.680. The minimum atomic E-state index is -0.586. The van der Waals surface area contributed by atoms with E-state index in [1.165, 1.54) is 13.2 Å². The van der Waals surface area contributed by atoms with Gasteiger partial charge in [-0.3, -0.25) is 0 Å². The fourth-order valence-corrected chi connectivity index (χ4v) is 2.19. The maximum absolute atomic E-state index is 13.7. The summed E-state index contributed by atoms with van der Waals surface area (Å²) in [6.07, 6.45) is -0.586. The number of benzene rings is 2. The first kappa shape index (κ1) is 15.8. The molecule has 0 aliphatic heterocycles. The van der Waals surface area contributed by atoms with Crippen molar-refractivity contribution in [3.63, 3.8) is 0 Å². The zero-order valence-corrected chi connectivity index (χ0v) is 13.4. The summed E-state index contributed by atoms with van der Waals surface area (Å²) in [5.41, 5.74) is 1.19. The third-order valence-electron chi connectivity index (χ3n) is 3.07. The molecule has 2 aromatic rings. The minimum Gasteiger partial charge on any atom is -0.493 e. The van der Waals surface area contributed by atoms with Crippen LogP contribution in [0.2, 0.25) is 0 Å². The largest absolute Gasteiger partial charge is 0.493 e. The summed E-state index contributed by atoms with van der Waals surface area (Å²) in [5, 5.41) is 9.55. The van der Waals surface area contributed by atoms with E-state index in [9.17, 15) is 9.50 Å². The quantitative estimate of drug-likeness (QED) is 0.873. The van der Waals surface area contributed by atoms with Crippen molar-refractivity contribution in [1.29, 1.82) is 0 Å². The molecule has 0 aromatic heterocycles. The highest BCUT2D eigenvalue weighted by molar-refractivity contribution is 9.10. The molecule has 0 radical (unpaired) electrons. The van der Waals surface area contributed by atoms with Crippen molar-refractivity contribution >= 4 is 15.9 Å². The lowest BCUT2D eigenvalue weighted by Crippen LogP contribution is -2.01. The van der Waals surface area contributed by atoms with Crippen molar-refractivity contribution in [1.82, 2.24) is 0 Å². The molecular weight excluding hydrogens is 339 g/mol. The monoisotopic (exact) mass is 354 g/mol. The Bertz CT molecular complexity index is 629. The fourth-order valence-electron chi connectivity index (χ4n) is 1.86. The second kappa shape index (κ2) is 6.91. The van der Waals surface area contributed by atoms with Gasteiger partial charge in [-0.25, -0.2) is 4.39 Å². The van der Waals surface area contributed by atoms with Crippen molar-refractivity contribution in [2.24, 2.45) is 0 Å². The van der Waals surface area contributed by atoms with Crippen LogP contribution in [0.1, 0.15) is 24.2 Å². The van der Waals surface area contributed by atoms with Gasteiger partial charge in [-0.2, -0.15) is 0 Å². The van der Waals surface area contributed by atoms with Crippen molar-refractivity contribution in [2.75, 3.05) is 7.11 Å². The number of hydrogen-bond acceptors (Lipinski definition) is 3. The normalized spacial score (nSPS) is 12.0. The number of aliphatic hydroxyl groups excluding tert-OH is 1. The van der Waals surface area contributed by atoms with E-state index in [-0.39, 0.29) is 12.4 Å². The minimum absolute atomic E-state index is 0.101. The molecule has 21 heavy (non-hydrogen) atoms. The van der Waals surface area contributed by atoms with Crippen molar-refractivity contribution in [2.45, 2.75) is 19.6 Å². The summed E-state index contributed by atoms with van der Waals surface area (Å²) in [4.78, 5) is 0. The first-order valence-electron chi connectivity index (χ1n) is 6.44. The van der Waals surface area contributed by atoms with Crippen LogP contribution < -0.4 is 9.47 Å². The molecule has 5 heteroatoms. The number of aliphatic hydroxyl groups is 1. The lowest BCUT2D eigenvalue weighted by atomic mass is 10.1. The van der Waals surface area contributed by atoms with E-state index in [4.69, 9.17) is 9.47 Å². The highest BCUT2D eigenvalue weighted by Gasteiger charge is 2.10. The molecule has 0 aliphatic carbocycles. The lowest BCUT2D eigenvalue weighted by Gasteiger charge is -2.13. The lowest BCUT2D eigenvalue weighted by molar-refractivity contribution is 0.198. The van der Waals surface area contributed by atoms with Crippen molar-refractivity contribution in [3.8, 4) is 11.5 Å². The summed E-state index contributed by atoms with van der Waals surface area (Å²) in [7, 11) is 1.52. The van der Waals surface area contributed by atoms with Crippen LogP contribution in [-0.4, -0.2) is 12.2 Å². The maximum atomic E-state index is 13.7. The molecule has 0 spiro atoms. The van der Waals surface area contributed by atoms with Gasteiger partial charge in [0, 0.05) is 10.0 Å². The zero-order valence-electron chi connectivity index (χ0n) is 11.8. The van der Waals surface area contributed by atoms with E-state index in [0.29, 0.717) is 21.5 Å². The second-order valence-electron chi connectivity index (χ2n) is 4.61. The second-order valence-corrected chi connectivity index (χ2v) is 5.53. The van der Waals surface area contributed by atoms with E-state index in [1.54, 1.807) is 37.3 Å². The topological polar surface area (TPSA) is 38.7 Å². The van der Waals surface area contributed by atoms with Gasteiger partial charge < -0.3 is 14.6 Å². The smallest absolute Gasteiger partial charge is 0.161 e. The van der Waals surface area contributed by atoms with Crippen LogP contribution in [0.3, 0.4) is 0 Å². The SMILES string of the molecule is COc1cc([C@@H](C)O)ccc1OCc1ccc(Br)cc1F. The summed E-state index contributed by atoms with van der Waals surface area (Å²) in [6, 6.07) is 9.98. The molecular formula is C16H16BrFO3. The zero-order chi connectivity index (χ0) is 15.4. The average molecular weight is 355 g/mol. The van der Waals surface area contributed by atoms with Crippen molar-refractivity contribution < 1.29 is 19.0 Å². The standard InChI is InChI=1S/C16H16BrFO3/c1-10(19)11-4-6-15(16(7-11)20-2)21-9-12-3-5-13(17)8-14(12)18/h3-8,10,19H,9H2,1-2H3/t10-/m1/s1. The predicted molar refractivity (Wildman–Crippen MR) is 82.1 cm³/mol. The average Bonchev–Trinajstić information content (AvgIpc) is 2.46. The number of methoxy groups -OCH3 is 1. The molecule has 0 saturated carbocycles. The Morgan fingerprint density at radius 1 is 1.19 bits per heavy atom. The Hall–Kier alpha value is -1.59. The van der Waals surface area contributed by atoms with E-state index in [1.807, 2.05) is 0 Å². The molecule has 0 fully saturated rings. The van der Waals surface area contributed by atoms with Crippen LogP contribution >= 0.6 is 15.9 Å². The highest BCUT2D eigenvalue weighted by Crippen LogP contribution is 2.31. The Labute approximate surface area is 131 Å². The van der Waals surface area contributed by atoms with Crippen LogP contribution in [0.5, 0.6) is 11.5 Å². The Morgan fingerprint density at radius 2 is 1.95 bits per heavy atom. The highest BCUT2D eigenvalue weighted by atomic mass is 79.9. The predicted octanol–water partition coefficient (Wildman–Crippen LogP) is 4.23. The van der Waals surface area contributed by atoms with Gasteiger partial charge in [0.05, 0.1) is 13.2 Å². The van der Waals surface area contributed by atoms with Crippen LogP contribution in [0, 0.1) is 5.82 Å². The van der Waals surface area contributed by atoms with Gasteiger partial charge in [-0.05, 0) is 36.8 Å². The molecule has 0 saturated heterocycles. The third kappa shape index (κ3) is 3.95. The van der Waals surface area contributed by atoms with Crippen LogP contribution in [0.25, 0.3) is 0 Å². The molecule has 0 amide bonds. The Morgan fingerprint density at radius 3 is 2.57 bits per heavy atom. The molecule has 1 N–H and O–H groups in total. The van der Waals surface area contributed by atoms with Gasteiger partial charge in [-0.1, -0.05) is 28.1 Å². The molecule has 0 heterocycles. The first-order chi connectivity index (χ1) is 10.0. The van der Waals surface area contributed by atoms with Crippen LogP contribution in [0.4, 0.5) is 4.39 Å². The van der Waals surface area contributed by atoms with Gasteiger partial charge in [0.2, 0.25) is 0 Å². The Kier molecular flexibility index (Phi) is 5.20. The maximum Gasteiger partial charge on any atom is 0.161 e. The summed E-state index contributed by atoms with van der Waals surface area (Å²) in [6.45, 7) is 1.77.